The predicted octanol–water partition coefficient (Wildman–Crippen LogP) is 3.57. The van der Waals surface area contributed by atoms with Crippen LogP contribution in [0.5, 0.6) is 11.5 Å². The van der Waals surface area contributed by atoms with Gasteiger partial charge in [0.1, 0.15) is 0 Å². The number of methoxy groups -OCH3 is 2. The number of H-pyrrole nitrogens is 1. The van der Waals surface area contributed by atoms with Crippen LogP contribution < -0.4 is 9.47 Å². The van der Waals surface area contributed by atoms with Crippen LogP contribution in [0.2, 0.25) is 0 Å². The van der Waals surface area contributed by atoms with Gasteiger partial charge in [-0.3, -0.25) is 0 Å². The highest BCUT2D eigenvalue weighted by molar-refractivity contribution is 5.83. The fourth-order valence-corrected chi connectivity index (χ4v) is 4.89. The number of morpholine rings is 1. The summed E-state index contributed by atoms with van der Waals surface area (Å²) in [5.41, 5.74) is 5.21. The van der Waals surface area contributed by atoms with Gasteiger partial charge in [0.2, 0.25) is 0 Å². The summed E-state index contributed by atoms with van der Waals surface area (Å²) in [7, 11) is 3.41. The summed E-state index contributed by atoms with van der Waals surface area (Å²) in [6, 6.07) is 13.1. The molecule has 1 aromatic heterocycles. The van der Waals surface area contributed by atoms with Crippen molar-refractivity contribution in [2.45, 2.75) is 18.9 Å². The zero-order valence-electron chi connectivity index (χ0n) is 17.7. The number of rotatable bonds is 5. The molecule has 5 rings (SSSR count). The lowest BCUT2D eigenvalue weighted by Crippen LogP contribution is -2.53. The van der Waals surface area contributed by atoms with E-state index < -0.39 is 0 Å². The molecule has 6 nitrogen and oxygen atoms in total. The third-order valence-corrected chi connectivity index (χ3v) is 6.41. The Morgan fingerprint density at radius 3 is 2.60 bits per heavy atom. The summed E-state index contributed by atoms with van der Waals surface area (Å²) in [4.78, 5) is 3.44. The minimum Gasteiger partial charge on any atom is -0.493 e. The monoisotopic (exact) mass is 407 g/mol. The number of fused-ring (bicyclic) bond motifs is 2. The molecule has 0 aliphatic carbocycles. The molecule has 0 spiro atoms. The molecular formula is C24H29N3O3. The van der Waals surface area contributed by atoms with E-state index in [2.05, 4.69) is 57.6 Å². The topological polar surface area (TPSA) is 50.0 Å². The molecule has 1 fully saturated rings. The molecule has 1 saturated heterocycles. The van der Waals surface area contributed by atoms with Crippen LogP contribution in [0.1, 0.15) is 22.7 Å². The maximum Gasteiger partial charge on any atom is 0.161 e. The summed E-state index contributed by atoms with van der Waals surface area (Å²) >= 11 is 0. The average molecular weight is 408 g/mol. The molecule has 2 aromatic carbocycles. The van der Waals surface area contributed by atoms with E-state index in [-0.39, 0.29) is 6.04 Å². The first-order valence-corrected chi connectivity index (χ1v) is 10.7. The zero-order chi connectivity index (χ0) is 20.5. The highest BCUT2D eigenvalue weighted by Gasteiger charge is 2.33. The van der Waals surface area contributed by atoms with Gasteiger partial charge in [-0.15, -0.1) is 0 Å². The van der Waals surface area contributed by atoms with E-state index in [1.807, 2.05) is 0 Å². The summed E-state index contributed by atoms with van der Waals surface area (Å²) in [5.74, 6) is 1.60. The molecule has 1 atom stereocenters. The highest BCUT2D eigenvalue weighted by Crippen LogP contribution is 2.40. The third-order valence-electron chi connectivity index (χ3n) is 6.41. The Bertz CT molecular complexity index is 1030. The average Bonchev–Trinajstić information content (AvgIpc) is 3.22. The number of aromatic nitrogens is 1. The van der Waals surface area contributed by atoms with Gasteiger partial charge in [0.05, 0.1) is 33.5 Å². The van der Waals surface area contributed by atoms with E-state index in [0.29, 0.717) is 0 Å². The molecule has 1 N–H and O–H groups in total. The van der Waals surface area contributed by atoms with Crippen molar-refractivity contribution in [3.63, 3.8) is 0 Å². The number of hydrogen-bond acceptors (Lipinski definition) is 5. The molecular weight excluding hydrogens is 378 g/mol. The lowest BCUT2D eigenvalue weighted by atomic mass is 9.89. The molecule has 3 heterocycles. The van der Waals surface area contributed by atoms with Crippen LogP contribution >= 0.6 is 0 Å². The minimum atomic E-state index is 0.242. The number of hydrazine groups is 1. The lowest BCUT2D eigenvalue weighted by Gasteiger charge is -2.45. The van der Waals surface area contributed by atoms with Crippen LogP contribution in [0, 0.1) is 0 Å². The van der Waals surface area contributed by atoms with Crippen LogP contribution in [-0.4, -0.2) is 62.1 Å². The van der Waals surface area contributed by atoms with E-state index in [1.165, 1.54) is 27.6 Å². The number of benzene rings is 2. The number of nitrogens with one attached hydrogen (secondary N) is 1. The lowest BCUT2D eigenvalue weighted by molar-refractivity contribution is -0.117. The van der Waals surface area contributed by atoms with Gasteiger partial charge in [0.25, 0.3) is 0 Å². The first-order valence-electron chi connectivity index (χ1n) is 10.7. The second-order valence-corrected chi connectivity index (χ2v) is 7.96. The number of hydrogen-bond donors (Lipinski definition) is 1. The quantitative estimate of drug-likeness (QED) is 0.701. The van der Waals surface area contributed by atoms with Crippen molar-refractivity contribution < 1.29 is 14.2 Å². The van der Waals surface area contributed by atoms with Crippen LogP contribution in [0.25, 0.3) is 10.9 Å². The van der Waals surface area contributed by atoms with Crippen LogP contribution in [0.3, 0.4) is 0 Å². The minimum absolute atomic E-state index is 0.242. The summed E-state index contributed by atoms with van der Waals surface area (Å²) < 4.78 is 16.8. The molecule has 2 aliphatic rings. The van der Waals surface area contributed by atoms with Gasteiger partial charge in [0.15, 0.2) is 11.5 Å². The largest absolute Gasteiger partial charge is 0.493 e. The second kappa shape index (κ2) is 8.30. The molecule has 6 heteroatoms. The Morgan fingerprint density at radius 2 is 1.80 bits per heavy atom. The molecule has 3 aromatic rings. The Labute approximate surface area is 177 Å². The van der Waals surface area contributed by atoms with Gasteiger partial charge in [0, 0.05) is 36.7 Å². The van der Waals surface area contributed by atoms with E-state index in [0.717, 1.165) is 57.2 Å². The third kappa shape index (κ3) is 3.45. The molecule has 2 aliphatic heterocycles. The first-order chi connectivity index (χ1) is 14.8. The smallest absolute Gasteiger partial charge is 0.161 e. The van der Waals surface area contributed by atoms with Crippen molar-refractivity contribution in [3.05, 3.63) is 59.3 Å². The van der Waals surface area contributed by atoms with Crippen molar-refractivity contribution >= 4 is 10.9 Å². The van der Waals surface area contributed by atoms with Crippen molar-refractivity contribution in [1.82, 2.24) is 15.0 Å². The number of nitrogens with zero attached hydrogens (tertiary/aromatic N) is 2. The van der Waals surface area contributed by atoms with Crippen molar-refractivity contribution in [1.29, 1.82) is 0 Å². The summed E-state index contributed by atoms with van der Waals surface area (Å²) in [6.45, 7) is 4.44. The normalized spacial score (nSPS) is 20.3. The SMILES string of the molecule is COc1cc2c(cc1OC)[C@H](Cc1c[nH]c3ccccc13)N(N1CCOCC1)CC2. The predicted molar refractivity (Wildman–Crippen MR) is 117 cm³/mol. The van der Waals surface area contributed by atoms with Gasteiger partial charge in [-0.05, 0) is 47.7 Å². The van der Waals surface area contributed by atoms with E-state index >= 15 is 0 Å². The summed E-state index contributed by atoms with van der Waals surface area (Å²) in [5, 5.41) is 6.33. The molecule has 158 valence electrons. The van der Waals surface area contributed by atoms with Gasteiger partial charge >= 0.3 is 0 Å². The Morgan fingerprint density at radius 1 is 1.03 bits per heavy atom. The Hall–Kier alpha value is -2.54. The maximum atomic E-state index is 5.65. The number of aromatic amines is 1. The number of para-hydroxylation sites is 1. The first kappa shape index (κ1) is 19.4. The van der Waals surface area contributed by atoms with Gasteiger partial charge in [-0.1, -0.05) is 18.2 Å². The van der Waals surface area contributed by atoms with Crippen molar-refractivity contribution in [2.24, 2.45) is 0 Å². The van der Waals surface area contributed by atoms with Crippen molar-refractivity contribution in [2.75, 3.05) is 47.1 Å². The van der Waals surface area contributed by atoms with Crippen LogP contribution in [0.15, 0.2) is 42.6 Å². The molecule has 30 heavy (non-hydrogen) atoms. The fourth-order valence-electron chi connectivity index (χ4n) is 4.89. The Kier molecular flexibility index (Phi) is 5.37. The molecule has 0 amide bonds. The molecule has 0 unspecified atom stereocenters. The summed E-state index contributed by atoms with van der Waals surface area (Å²) in [6.07, 6.45) is 4.10. The van der Waals surface area contributed by atoms with Gasteiger partial charge in [-0.25, -0.2) is 10.0 Å². The maximum absolute atomic E-state index is 5.65. The molecule has 0 bridgehead atoms. The van der Waals surface area contributed by atoms with E-state index in [4.69, 9.17) is 14.2 Å². The van der Waals surface area contributed by atoms with Crippen LogP contribution in [-0.2, 0) is 17.6 Å². The molecule has 0 saturated carbocycles. The zero-order valence-corrected chi connectivity index (χ0v) is 17.7. The van der Waals surface area contributed by atoms with Gasteiger partial charge in [-0.2, -0.15) is 0 Å². The van der Waals surface area contributed by atoms with Gasteiger partial charge < -0.3 is 19.2 Å². The van der Waals surface area contributed by atoms with E-state index in [1.54, 1.807) is 14.2 Å². The van der Waals surface area contributed by atoms with Crippen molar-refractivity contribution in [3.8, 4) is 11.5 Å². The second-order valence-electron chi connectivity index (χ2n) is 7.96. The van der Waals surface area contributed by atoms with Crippen LogP contribution in [0.4, 0.5) is 0 Å². The fraction of sp³-hybridized carbons (Fsp3) is 0.417. The highest BCUT2D eigenvalue weighted by atomic mass is 16.5. The standard InChI is InChI=1S/C24H29N3O3/c1-28-23-14-17-7-8-27(26-9-11-30-12-10-26)22(20(17)15-24(23)29-2)13-18-16-25-21-6-4-3-5-19(18)21/h3-6,14-16,22,25H,7-13H2,1-2H3/t22-/m0/s1. The molecule has 0 radical (unpaired) electrons. The van der Waals surface area contributed by atoms with E-state index in [9.17, 15) is 0 Å². The Balaban J connectivity index is 1.57. The number of ether oxygens (including phenoxy) is 3.